The van der Waals surface area contributed by atoms with Crippen LogP contribution in [0.5, 0.6) is 5.75 Å². The Labute approximate surface area is 210 Å². The second-order valence-corrected chi connectivity index (χ2v) is 9.83. The van der Waals surface area contributed by atoms with Crippen molar-refractivity contribution in [1.82, 2.24) is 4.90 Å². The molecule has 0 unspecified atom stereocenters. The summed E-state index contributed by atoms with van der Waals surface area (Å²) in [7, 11) is 0. The Hall–Kier alpha value is -3.10. The highest BCUT2D eigenvalue weighted by molar-refractivity contribution is 9.10. The van der Waals surface area contributed by atoms with Crippen LogP contribution in [0, 0.1) is 0 Å². The monoisotopic (exact) mass is 539 g/mol. The molecule has 0 bridgehead atoms. The molecule has 0 radical (unpaired) electrons. The van der Waals surface area contributed by atoms with Crippen molar-refractivity contribution in [3.8, 4) is 5.75 Å². The van der Waals surface area contributed by atoms with Gasteiger partial charge in [-0.1, -0.05) is 58.4 Å². The third kappa shape index (κ3) is 5.51. The van der Waals surface area contributed by atoms with Gasteiger partial charge in [-0.15, -0.1) is 0 Å². The maximum atomic E-state index is 13.0. The lowest BCUT2D eigenvalue weighted by atomic mass is 10.0. The van der Waals surface area contributed by atoms with Gasteiger partial charge in [-0.25, -0.2) is 0 Å². The summed E-state index contributed by atoms with van der Waals surface area (Å²) in [6.07, 6.45) is 1.34. The maximum absolute atomic E-state index is 13.0. The number of imide groups is 1. The molecule has 3 aromatic rings. The average Bonchev–Trinajstić information content (AvgIpc) is 3.06. The van der Waals surface area contributed by atoms with E-state index in [2.05, 4.69) is 15.9 Å². The zero-order chi connectivity index (χ0) is 24.2. The summed E-state index contributed by atoms with van der Waals surface area (Å²) in [5.41, 5.74) is 1.69. The van der Waals surface area contributed by atoms with Crippen molar-refractivity contribution < 1.29 is 23.9 Å². The Balaban J connectivity index is 1.65. The third-order valence-corrected chi connectivity index (χ3v) is 6.48. The van der Waals surface area contributed by atoms with E-state index < -0.39 is 23.7 Å². The number of halogens is 1. The summed E-state index contributed by atoms with van der Waals surface area (Å²) < 4.78 is 12.2. The van der Waals surface area contributed by atoms with E-state index in [4.69, 9.17) is 9.47 Å². The van der Waals surface area contributed by atoms with Crippen LogP contribution < -0.4 is 4.74 Å². The molecule has 0 atom stereocenters. The lowest BCUT2D eigenvalue weighted by Crippen LogP contribution is -2.35. The Bertz CT molecular complexity index is 1290. The van der Waals surface area contributed by atoms with Crippen molar-refractivity contribution in [1.29, 1.82) is 0 Å². The van der Waals surface area contributed by atoms with Crippen LogP contribution in [-0.4, -0.2) is 34.7 Å². The summed E-state index contributed by atoms with van der Waals surface area (Å²) >= 11 is 4.23. The van der Waals surface area contributed by atoms with Crippen molar-refractivity contribution in [3.05, 3.63) is 81.2 Å². The number of hydrogen-bond donors (Lipinski definition) is 0. The molecule has 1 heterocycles. The van der Waals surface area contributed by atoms with Crippen LogP contribution in [0.4, 0.5) is 4.79 Å². The number of carbonyl (C=O) groups is 3. The summed E-state index contributed by atoms with van der Waals surface area (Å²) in [6.45, 7) is 3.35. The van der Waals surface area contributed by atoms with Crippen molar-refractivity contribution >= 4 is 61.7 Å². The second kappa shape index (κ2) is 10.4. The first kappa shape index (κ1) is 24.0. The quantitative estimate of drug-likeness (QED) is 0.264. The van der Waals surface area contributed by atoms with E-state index >= 15 is 0 Å². The number of esters is 1. The van der Waals surface area contributed by atoms with E-state index in [0.717, 1.165) is 37.5 Å². The molecule has 1 saturated heterocycles. The largest absolute Gasteiger partial charge is 0.488 e. The van der Waals surface area contributed by atoms with Gasteiger partial charge in [0.05, 0.1) is 11.0 Å². The zero-order valence-corrected chi connectivity index (χ0v) is 21.0. The lowest BCUT2D eigenvalue weighted by molar-refractivity contribution is -0.149. The predicted octanol–water partition coefficient (Wildman–Crippen LogP) is 6.17. The fourth-order valence-corrected chi connectivity index (χ4v) is 4.57. The molecule has 0 N–H and O–H groups in total. The van der Waals surface area contributed by atoms with Crippen molar-refractivity contribution in [3.63, 3.8) is 0 Å². The Morgan fingerprint density at radius 1 is 1.06 bits per heavy atom. The molecule has 174 valence electrons. The first-order valence-electron chi connectivity index (χ1n) is 10.7. The lowest BCUT2D eigenvalue weighted by Gasteiger charge is -2.14. The number of amides is 2. The number of rotatable bonds is 7. The topological polar surface area (TPSA) is 72.9 Å². The summed E-state index contributed by atoms with van der Waals surface area (Å²) in [5.74, 6) is -0.558. The van der Waals surface area contributed by atoms with Crippen LogP contribution in [0.3, 0.4) is 0 Å². The highest BCUT2D eigenvalue weighted by Gasteiger charge is 2.37. The highest BCUT2D eigenvalue weighted by Crippen LogP contribution is 2.37. The van der Waals surface area contributed by atoms with Gasteiger partial charge in [0.15, 0.2) is 0 Å². The molecule has 1 fully saturated rings. The van der Waals surface area contributed by atoms with Crippen LogP contribution >= 0.6 is 27.7 Å². The Kier molecular flexibility index (Phi) is 7.38. The molecule has 0 spiro atoms. The van der Waals surface area contributed by atoms with E-state index in [0.29, 0.717) is 17.9 Å². The second-order valence-electron chi connectivity index (χ2n) is 7.92. The molecule has 8 heteroatoms. The average molecular weight is 540 g/mol. The first-order valence-corrected chi connectivity index (χ1v) is 12.3. The third-order valence-electron chi connectivity index (χ3n) is 5.04. The maximum Gasteiger partial charge on any atom is 0.326 e. The first-order chi connectivity index (χ1) is 16.3. The van der Waals surface area contributed by atoms with Crippen LogP contribution in [-0.2, 0) is 20.9 Å². The van der Waals surface area contributed by atoms with Crippen LogP contribution in [0.15, 0.2) is 70.0 Å². The van der Waals surface area contributed by atoms with E-state index in [1.807, 2.05) is 60.7 Å². The van der Waals surface area contributed by atoms with Gasteiger partial charge < -0.3 is 9.47 Å². The number of carbonyl (C=O) groups excluding carboxylic acids is 3. The number of ether oxygens (including phenoxy) is 2. The van der Waals surface area contributed by atoms with Gasteiger partial charge in [0.25, 0.3) is 11.1 Å². The SMILES string of the molecule is CC(C)OC(=O)CN1C(=O)S/C(=C/c2c(OCc3ccc(Br)cc3)ccc3ccccc23)C1=O. The summed E-state index contributed by atoms with van der Waals surface area (Å²) in [6, 6.07) is 19.4. The van der Waals surface area contributed by atoms with Gasteiger partial charge in [-0.05, 0) is 66.2 Å². The highest BCUT2D eigenvalue weighted by atomic mass is 79.9. The Morgan fingerprint density at radius 2 is 1.79 bits per heavy atom. The fraction of sp³-hybridized carbons (Fsp3) is 0.192. The molecule has 6 nitrogen and oxygen atoms in total. The van der Waals surface area contributed by atoms with E-state index in [9.17, 15) is 14.4 Å². The number of nitrogens with zero attached hydrogens (tertiary/aromatic N) is 1. The molecule has 1 aliphatic heterocycles. The molecule has 0 saturated carbocycles. The number of thioether (sulfide) groups is 1. The molecule has 34 heavy (non-hydrogen) atoms. The van der Waals surface area contributed by atoms with Gasteiger partial charge in [0.2, 0.25) is 0 Å². The van der Waals surface area contributed by atoms with Gasteiger partial charge in [0.1, 0.15) is 18.9 Å². The van der Waals surface area contributed by atoms with E-state index in [1.54, 1.807) is 19.9 Å². The Morgan fingerprint density at radius 3 is 2.53 bits per heavy atom. The van der Waals surface area contributed by atoms with Crippen LogP contribution in [0.25, 0.3) is 16.8 Å². The number of hydrogen-bond acceptors (Lipinski definition) is 6. The summed E-state index contributed by atoms with van der Waals surface area (Å²) in [5, 5.41) is 1.36. The minimum absolute atomic E-state index is 0.229. The van der Waals surface area contributed by atoms with Crippen molar-refractivity contribution in [2.45, 2.75) is 26.6 Å². The molecule has 0 aromatic heterocycles. The fourth-order valence-electron chi connectivity index (χ4n) is 3.49. The number of fused-ring (bicyclic) bond motifs is 1. The molecule has 2 amide bonds. The molecule has 0 aliphatic carbocycles. The van der Waals surface area contributed by atoms with E-state index in [1.165, 1.54) is 0 Å². The minimum Gasteiger partial charge on any atom is -0.488 e. The predicted molar refractivity (Wildman–Crippen MR) is 136 cm³/mol. The van der Waals surface area contributed by atoms with Crippen molar-refractivity contribution in [2.24, 2.45) is 0 Å². The standard InChI is InChI=1S/C26H22BrNO5S/c1-16(2)33-24(29)14-28-25(30)23(34-26(28)31)13-21-20-6-4-3-5-18(20)9-12-22(21)32-15-17-7-10-19(27)11-8-17/h3-13,16H,14-15H2,1-2H3/b23-13+. The van der Waals surface area contributed by atoms with Crippen LogP contribution in [0.2, 0.25) is 0 Å². The van der Waals surface area contributed by atoms with Crippen molar-refractivity contribution in [2.75, 3.05) is 6.54 Å². The molecule has 4 rings (SSSR count). The van der Waals surface area contributed by atoms with Gasteiger partial charge in [-0.3, -0.25) is 19.3 Å². The smallest absolute Gasteiger partial charge is 0.326 e. The molecule has 3 aromatic carbocycles. The van der Waals surface area contributed by atoms with Gasteiger partial charge >= 0.3 is 5.97 Å². The van der Waals surface area contributed by atoms with Crippen LogP contribution in [0.1, 0.15) is 25.0 Å². The zero-order valence-electron chi connectivity index (χ0n) is 18.6. The molecular formula is C26H22BrNO5S. The summed E-state index contributed by atoms with van der Waals surface area (Å²) in [4.78, 5) is 38.6. The normalized spacial score (nSPS) is 14.9. The molecular weight excluding hydrogens is 518 g/mol. The van der Waals surface area contributed by atoms with Gasteiger partial charge in [0, 0.05) is 10.0 Å². The molecule has 1 aliphatic rings. The number of benzene rings is 3. The minimum atomic E-state index is -0.623. The van der Waals surface area contributed by atoms with E-state index in [-0.39, 0.29) is 11.0 Å². The van der Waals surface area contributed by atoms with Gasteiger partial charge in [-0.2, -0.15) is 0 Å².